The summed E-state index contributed by atoms with van der Waals surface area (Å²) in [5.41, 5.74) is -0.690. The molecule has 0 spiro atoms. The summed E-state index contributed by atoms with van der Waals surface area (Å²) in [5.74, 6) is 0.836. The van der Waals surface area contributed by atoms with Crippen LogP contribution in [0.3, 0.4) is 0 Å². The standard InChI is InChI=1S/C17H19F3N4OS/c1-10(26-16-22-14(23-24-16)11-5-2-3-6-11)15(25)21-13-8-4-7-12(9-13)17(18,19)20/h4,7-11H,2-3,5-6H2,1H3,(H,21,25)(H,22,23,24)/t10-/m1/s1. The third-order valence-electron chi connectivity index (χ3n) is 4.33. The van der Waals surface area contributed by atoms with Crippen molar-refractivity contribution >= 4 is 23.4 Å². The van der Waals surface area contributed by atoms with Gasteiger partial charge in [0.15, 0.2) is 0 Å². The molecule has 1 saturated carbocycles. The Hall–Kier alpha value is -2.03. The second-order valence-corrected chi connectivity index (χ2v) is 7.62. The highest BCUT2D eigenvalue weighted by Gasteiger charge is 2.30. The van der Waals surface area contributed by atoms with Gasteiger partial charge < -0.3 is 5.32 Å². The minimum Gasteiger partial charge on any atom is -0.325 e. The molecule has 140 valence electrons. The molecule has 0 bridgehead atoms. The Kier molecular flexibility index (Phi) is 5.55. The topological polar surface area (TPSA) is 70.7 Å². The van der Waals surface area contributed by atoms with E-state index in [9.17, 15) is 18.0 Å². The summed E-state index contributed by atoms with van der Waals surface area (Å²) >= 11 is 1.17. The fraction of sp³-hybridized carbons (Fsp3) is 0.471. The van der Waals surface area contributed by atoms with Gasteiger partial charge >= 0.3 is 6.18 Å². The number of hydrogen-bond acceptors (Lipinski definition) is 4. The molecule has 2 N–H and O–H groups in total. The molecule has 1 fully saturated rings. The van der Waals surface area contributed by atoms with Gasteiger partial charge in [-0.05, 0) is 38.0 Å². The summed E-state index contributed by atoms with van der Waals surface area (Å²) in [6, 6.07) is 4.57. The van der Waals surface area contributed by atoms with Gasteiger partial charge in [0.1, 0.15) is 5.82 Å². The van der Waals surface area contributed by atoms with Crippen LogP contribution >= 0.6 is 11.8 Å². The van der Waals surface area contributed by atoms with Crippen LogP contribution in [0.25, 0.3) is 0 Å². The van der Waals surface area contributed by atoms with E-state index in [4.69, 9.17) is 0 Å². The van der Waals surface area contributed by atoms with Gasteiger partial charge in [0.2, 0.25) is 11.1 Å². The van der Waals surface area contributed by atoms with E-state index in [1.807, 2.05) is 0 Å². The molecule has 1 aromatic heterocycles. The third-order valence-corrected chi connectivity index (χ3v) is 5.29. The van der Waals surface area contributed by atoms with E-state index in [0.29, 0.717) is 11.1 Å². The molecule has 1 amide bonds. The van der Waals surface area contributed by atoms with Crippen LogP contribution < -0.4 is 5.32 Å². The van der Waals surface area contributed by atoms with E-state index in [0.717, 1.165) is 30.8 Å². The number of alkyl halides is 3. The molecule has 0 unspecified atom stereocenters. The molecule has 5 nitrogen and oxygen atoms in total. The van der Waals surface area contributed by atoms with Crippen molar-refractivity contribution in [3.63, 3.8) is 0 Å². The molecule has 1 aromatic carbocycles. The summed E-state index contributed by atoms with van der Waals surface area (Å²) in [5, 5.41) is 9.50. The van der Waals surface area contributed by atoms with Gasteiger partial charge in [-0.15, -0.1) is 5.10 Å². The maximum atomic E-state index is 12.7. The van der Waals surface area contributed by atoms with Crippen molar-refractivity contribution in [3.8, 4) is 0 Å². The van der Waals surface area contributed by atoms with Crippen molar-refractivity contribution in [3.05, 3.63) is 35.7 Å². The minimum absolute atomic E-state index is 0.110. The number of amides is 1. The summed E-state index contributed by atoms with van der Waals surface area (Å²) < 4.78 is 38.2. The Morgan fingerprint density at radius 2 is 2.08 bits per heavy atom. The highest BCUT2D eigenvalue weighted by atomic mass is 32.2. The van der Waals surface area contributed by atoms with E-state index >= 15 is 0 Å². The van der Waals surface area contributed by atoms with Crippen LogP contribution in [0, 0.1) is 0 Å². The van der Waals surface area contributed by atoms with Crippen molar-refractivity contribution in [1.82, 2.24) is 15.2 Å². The lowest BCUT2D eigenvalue weighted by molar-refractivity contribution is -0.137. The van der Waals surface area contributed by atoms with E-state index in [2.05, 4.69) is 20.5 Å². The van der Waals surface area contributed by atoms with Gasteiger partial charge in [0.05, 0.1) is 10.8 Å². The van der Waals surface area contributed by atoms with Crippen LogP contribution in [-0.4, -0.2) is 26.3 Å². The van der Waals surface area contributed by atoms with Crippen molar-refractivity contribution < 1.29 is 18.0 Å². The van der Waals surface area contributed by atoms with Crippen molar-refractivity contribution in [2.45, 2.75) is 55.1 Å². The Balaban J connectivity index is 1.60. The molecular formula is C17H19F3N4OS. The number of nitrogens with zero attached hydrogens (tertiary/aromatic N) is 2. The first-order valence-electron chi connectivity index (χ1n) is 8.40. The zero-order valence-electron chi connectivity index (χ0n) is 14.1. The second-order valence-electron chi connectivity index (χ2n) is 6.31. The van der Waals surface area contributed by atoms with E-state index in [1.165, 1.54) is 36.7 Å². The lowest BCUT2D eigenvalue weighted by atomic mass is 10.1. The smallest absolute Gasteiger partial charge is 0.325 e. The first-order chi connectivity index (χ1) is 12.3. The van der Waals surface area contributed by atoms with Crippen LogP contribution in [0.1, 0.15) is 49.9 Å². The number of anilines is 1. The number of aromatic amines is 1. The van der Waals surface area contributed by atoms with Crippen molar-refractivity contribution in [2.75, 3.05) is 5.32 Å². The molecule has 0 aliphatic heterocycles. The number of H-pyrrole nitrogens is 1. The summed E-state index contributed by atoms with van der Waals surface area (Å²) in [6.45, 7) is 1.67. The van der Waals surface area contributed by atoms with E-state index < -0.39 is 22.9 Å². The number of thioether (sulfide) groups is 1. The molecule has 1 atom stereocenters. The van der Waals surface area contributed by atoms with Gasteiger partial charge in [0.25, 0.3) is 0 Å². The fourth-order valence-electron chi connectivity index (χ4n) is 2.92. The van der Waals surface area contributed by atoms with Crippen LogP contribution in [0.4, 0.5) is 18.9 Å². The van der Waals surface area contributed by atoms with E-state index in [-0.39, 0.29) is 5.69 Å². The number of carbonyl (C=O) groups is 1. The maximum absolute atomic E-state index is 12.7. The molecule has 9 heteroatoms. The van der Waals surface area contributed by atoms with Crippen LogP contribution in [0.15, 0.2) is 29.4 Å². The van der Waals surface area contributed by atoms with Crippen LogP contribution in [-0.2, 0) is 11.0 Å². The summed E-state index contributed by atoms with van der Waals surface area (Å²) in [7, 11) is 0. The molecule has 1 aliphatic carbocycles. The predicted molar refractivity (Wildman–Crippen MR) is 93.0 cm³/mol. The number of benzene rings is 1. The lowest BCUT2D eigenvalue weighted by Crippen LogP contribution is -2.22. The molecule has 1 aliphatic rings. The quantitative estimate of drug-likeness (QED) is 0.739. The fourth-order valence-corrected chi connectivity index (χ4v) is 3.65. The highest BCUT2D eigenvalue weighted by Crippen LogP contribution is 2.33. The van der Waals surface area contributed by atoms with Gasteiger partial charge in [-0.2, -0.15) is 13.2 Å². The lowest BCUT2D eigenvalue weighted by Gasteiger charge is -2.12. The number of rotatable bonds is 5. The van der Waals surface area contributed by atoms with Gasteiger partial charge in [-0.3, -0.25) is 9.89 Å². The van der Waals surface area contributed by atoms with Crippen LogP contribution in [0.5, 0.6) is 0 Å². The molecule has 0 saturated heterocycles. The zero-order valence-corrected chi connectivity index (χ0v) is 15.0. The highest BCUT2D eigenvalue weighted by molar-refractivity contribution is 8.00. The van der Waals surface area contributed by atoms with Crippen molar-refractivity contribution in [1.29, 1.82) is 0 Å². The Morgan fingerprint density at radius 1 is 1.35 bits per heavy atom. The monoisotopic (exact) mass is 384 g/mol. The molecule has 26 heavy (non-hydrogen) atoms. The molecular weight excluding hydrogens is 365 g/mol. The van der Waals surface area contributed by atoms with Crippen molar-refractivity contribution in [2.24, 2.45) is 0 Å². The van der Waals surface area contributed by atoms with Gasteiger partial charge in [-0.1, -0.05) is 30.7 Å². The Morgan fingerprint density at radius 3 is 2.77 bits per heavy atom. The largest absolute Gasteiger partial charge is 0.416 e. The first kappa shape index (κ1) is 18.8. The average molecular weight is 384 g/mol. The second kappa shape index (κ2) is 7.69. The predicted octanol–water partition coefficient (Wildman–Crippen LogP) is 4.60. The number of nitrogens with one attached hydrogen (secondary N) is 2. The summed E-state index contributed by atoms with van der Waals surface area (Å²) in [4.78, 5) is 16.7. The Bertz CT molecular complexity index is 771. The van der Waals surface area contributed by atoms with E-state index in [1.54, 1.807) is 6.92 Å². The van der Waals surface area contributed by atoms with Gasteiger partial charge in [0, 0.05) is 11.6 Å². The molecule has 1 heterocycles. The number of carbonyl (C=O) groups excluding carboxylic acids is 1. The average Bonchev–Trinajstić information content (AvgIpc) is 3.25. The van der Waals surface area contributed by atoms with Crippen LogP contribution in [0.2, 0.25) is 0 Å². The number of aromatic nitrogens is 3. The SMILES string of the molecule is C[C@@H](Sc1n[nH]c(C2CCCC2)n1)C(=O)Nc1cccc(C(F)(F)F)c1. The Labute approximate surface area is 153 Å². The van der Waals surface area contributed by atoms with Gasteiger partial charge in [-0.25, -0.2) is 4.98 Å². The summed E-state index contributed by atoms with van der Waals surface area (Å²) in [6.07, 6.45) is 0.0970. The number of hydrogen-bond donors (Lipinski definition) is 2. The third kappa shape index (κ3) is 4.57. The number of halogens is 3. The normalized spacial score (nSPS) is 16.6. The first-order valence-corrected chi connectivity index (χ1v) is 9.28. The molecule has 3 rings (SSSR count). The minimum atomic E-state index is -4.45. The molecule has 2 aromatic rings. The maximum Gasteiger partial charge on any atom is 0.416 e. The molecule has 0 radical (unpaired) electrons. The zero-order chi connectivity index (χ0) is 18.7.